The second kappa shape index (κ2) is 9.38. The van der Waals surface area contributed by atoms with E-state index in [1.165, 1.54) is 0 Å². The van der Waals surface area contributed by atoms with Crippen LogP contribution in [0, 0.1) is 11.5 Å². The summed E-state index contributed by atoms with van der Waals surface area (Å²) in [5.74, 6) is 5.90. The number of methoxy groups -OCH3 is 4. The number of hydrogen-bond donors (Lipinski definition) is 0. The molecule has 0 bridgehead atoms. The maximum absolute atomic E-state index is 5.46. The number of ether oxygens (including phenoxy) is 4. The van der Waals surface area contributed by atoms with Gasteiger partial charge in [0, 0.05) is 0 Å². The fourth-order valence-electron chi connectivity index (χ4n) is 2.57. The number of benzene rings is 2. The van der Waals surface area contributed by atoms with Crippen LogP contribution in [0.1, 0.15) is 16.7 Å². The highest BCUT2D eigenvalue weighted by molar-refractivity contribution is 6.83. The first-order valence-electron chi connectivity index (χ1n) is 9.00. The lowest BCUT2D eigenvalue weighted by molar-refractivity contribution is 0.324. The van der Waals surface area contributed by atoms with Crippen molar-refractivity contribution in [3.8, 4) is 34.5 Å². The first kappa shape index (κ1) is 21.5. The first-order chi connectivity index (χ1) is 13.3. The molecule has 0 atom stereocenters. The van der Waals surface area contributed by atoms with Crippen molar-refractivity contribution >= 4 is 20.2 Å². The van der Waals surface area contributed by atoms with Gasteiger partial charge in [-0.3, -0.25) is 0 Å². The van der Waals surface area contributed by atoms with E-state index in [9.17, 15) is 0 Å². The van der Waals surface area contributed by atoms with E-state index in [4.69, 9.17) is 18.9 Å². The fraction of sp³-hybridized carbons (Fsp3) is 0.304. The van der Waals surface area contributed by atoms with Crippen LogP contribution in [0.25, 0.3) is 12.2 Å². The molecule has 0 amide bonds. The highest BCUT2D eigenvalue weighted by Gasteiger charge is 2.12. The Hall–Kier alpha value is -2.84. The van der Waals surface area contributed by atoms with Gasteiger partial charge in [0.15, 0.2) is 11.5 Å². The predicted molar refractivity (Wildman–Crippen MR) is 118 cm³/mol. The van der Waals surface area contributed by atoms with Crippen molar-refractivity contribution in [3.05, 3.63) is 47.0 Å². The molecule has 2 rings (SSSR count). The van der Waals surface area contributed by atoms with Gasteiger partial charge in [-0.1, -0.05) is 43.8 Å². The molecule has 0 radical (unpaired) electrons. The normalized spacial score (nSPS) is 11.0. The Balaban J connectivity index is 2.40. The van der Waals surface area contributed by atoms with Crippen molar-refractivity contribution in [1.82, 2.24) is 0 Å². The first-order valence-corrected chi connectivity index (χ1v) is 12.5. The Morgan fingerprint density at radius 2 is 1.29 bits per heavy atom. The van der Waals surface area contributed by atoms with Crippen LogP contribution in [0.2, 0.25) is 19.6 Å². The second-order valence-electron chi connectivity index (χ2n) is 7.25. The summed E-state index contributed by atoms with van der Waals surface area (Å²) in [7, 11) is 5.01. The Morgan fingerprint density at radius 1 is 0.714 bits per heavy atom. The van der Waals surface area contributed by atoms with Crippen LogP contribution in [0.3, 0.4) is 0 Å². The van der Waals surface area contributed by atoms with E-state index in [1.807, 2.05) is 42.5 Å². The molecule has 2 aromatic rings. The molecular formula is C23H28O4Si. The molecule has 0 aliphatic rings. The lowest BCUT2D eigenvalue weighted by Crippen LogP contribution is -2.16. The van der Waals surface area contributed by atoms with Crippen LogP contribution in [0.5, 0.6) is 23.0 Å². The van der Waals surface area contributed by atoms with E-state index < -0.39 is 8.07 Å². The Morgan fingerprint density at radius 3 is 1.79 bits per heavy atom. The molecule has 2 aromatic carbocycles. The SMILES string of the molecule is COc1ccc(/C=C\c2cc(OC)c(OC)c(OC)c2)cc1C#C[Si](C)(C)C. The molecule has 0 unspecified atom stereocenters. The summed E-state index contributed by atoms with van der Waals surface area (Å²) < 4.78 is 21.7. The van der Waals surface area contributed by atoms with E-state index >= 15 is 0 Å². The van der Waals surface area contributed by atoms with Crippen molar-refractivity contribution in [2.24, 2.45) is 0 Å². The summed E-state index contributed by atoms with van der Waals surface area (Å²) >= 11 is 0. The van der Waals surface area contributed by atoms with E-state index in [1.54, 1.807) is 28.4 Å². The summed E-state index contributed by atoms with van der Waals surface area (Å²) in [6, 6.07) is 9.82. The summed E-state index contributed by atoms with van der Waals surface area (Å²) in [5.41, 5.74) is 6.28. The van der Waals surface area contributed by atoms with Gasteiger partial charge < -0.3 is 18.9 Å². The zero-order valence-corrected chi connectivity index (χ0v) is 18.7. The molecule has 0 fully saturated rings. The van der Waals surface area contributed by atoms with Crippen LogP contribution in [0.4, 0.5) is 0 Å². The van der Waals surface area contributed by atoms with Crippen LogP contribution in [-0.2, 0) is 0 Å². The largest absolute Gasteiger partial charge is 0.495 e. The lowest BCUT2D eigenvalue weighted by Gasteiger charge is -2.12. The molecule has 0 saturated carbocycles. The molecule has 5 heteroatoms. The summed E-state index contributed by atoms with van der Waals surface area (Å²) in [6.45, 7) is 6.67. The third-order valence-electron chi connectivity index (χ3n) is 3.95. The molecule has 0 N–H and O–H groups in total. The average molecular weight is 397 g/mol. The fourth-order valence-corrected chi connectivity index (χ4v) is 3.08. The lowest BCUT2D eigenvalue weighted by atomic mass is 10.1. The summed E-state index contributed by atoms with van der Waals surface area (Å²) in [4.78, 5) is 0. The Bertz CT molecular complexity index is 889. The zero-order chi connectivity index (χ0) is 20.7. The molecule has 0 saturated heterocycles. The van der Waals surface area contributed by atoms with Crippen LogP contribution >= 0.6 is 0 Å². The molecule has 28 heavy (non-hydrogen) atoms. The van der Waals surface area contributed by atoms with Crippen molar-refractivity contribution in [1.29, 1.82) is 0 Å². The molecule has 148 valence electrons. The van der Waals surface area contributed by atoms with Gasteiger partial charge in [-0.15, -0.1) is 5.54 Å². The Kier molecular flexibility index (Phi) is 7.19. The van der Waals surface area contributed by atoms with Gasteiger partial charge in [-0.25, -0.2) is 0 Å². The summed E-state index contributed by atoms with van der Waals surface area (Å²) in [5, 5.41) is 0. The van der Waals surface area contributed by atoms with Crippen LogP contribution < -0.4 is 18.9 Å². The van der Waals surface area contributed by atoms with Gasteiger partial charge in [-0.05, 0) is 35.4 Å². The van der Waals surface area contributed by atoms with Crippen molar-refractivity contribution in [3.63, 3.8) is 0 Å². The Labute approximate surface area is 169 Å². The monoisotopic (exact) mass is 396 g/mol. The summed E-state index contributed by atoms with van der Waals surface area (Å²) in [6.07, 6.45) is 4.03. The van der Waals surface area contributed by atoms with Gasteiger partial charge in [0.05, 0.1) is 34.0 Å². The second-order valence-corrected chi connectivity index (χ2v) is 12.0. The minimum absolute atomic E-state index is 0.579. The zero-order valence-electron chi connectivity index (χ0n) is 17.7. The minimum Gasteiger partial charge on any atom is -0.495 e. The minimum atomic E-state index is -1.47. The molecule has 0 aromatic heterocycles. The third kappa shape index (κ3) is 5.58. The van der Waals surface area contributed by atoms with Gasteiger partial charge in [0.2, 0.25) is 5.75 Å². The van der Waals surface area contributed by atoms with Crippen molar-refractivity contribution in [2.75, 3.05) is 28.4 Å². The number of rotatable bonds is 6. The molecule has 0 aliphatic heterocycles. The topological polar surface area (TPSA) is 36.9 Å². The standard InChI is InChI=1S/C23H28O4Si/c1-24-20-11-10-17(14-19(20)12-13-28(5,6)7)8-9-18-15-21(25-2)23(27-4)22(16-18)26-3/h8-11,14-16H,1-7H3/b9-8-. The highest BCUT2D eigenvalue weighted by Crippen LogP contribution is 2.38. The van der Waals surface area contributed by atoms with Crippen LogP contribution in [0.15, 0.2) is 30.3 Å². The van der Waals surface area contributed by atoms with Crippen molar-refractivity contribution < 1.29 is 18.9 Å². The van der Waals surface area contributed by atoms with Gasteiger partial charge in [0.25, 0.3) is 0 Å². The quantitative estimate of drug-likeness (QED) is 0.386. The van der Waals surface area contributed by atoms with Gasteiger partial charge >= 0.3 is 0 Å². The van der Waals surface area contributed by atoms with E-state index in [2.05, 4.69) is 31.1 Å². The maximum Gasteiger partial charge on any atom is 0.203 e. The average Bonchev–Trinajstić information content (AvgIpc) is 2.69. The van der Waals surface area contributed by atoms with Gasteiger partial charge in [0.1, 0.15) is 13.8 Å². The predicted octanol–water partition coefficient (Wildman–Crippen LogP) is 5.12. The van der Waals surface area contributed by atoms with E-state index in [-0.39, 0.29) is 0 Å². The molecule has 4 nitrogen and oxygen atoms in total. The smallest absolute Gasteiger partial charge is 0.203 e. The highest BCUT2D eigenvalue weighted by atomic mass is 28.3. The molecule has 0 heterocycles. The number of hydrogen-bond acceptors (Lipinski definition) is 4. The van der Waals surface area contributed by atoms with E-state index in [0.29, 0.717) is 17.2 Å². The maximum atomic E-state index is 5.46. The van der Waals surface area contributed by atoms with Gasteiger partial charge in [-0.2, -0.15) is 0 Å². The molecular weight excluding hydrogens is 368 g/mol. The van der Waals surface area contributed by atoms with Crippen molar-refractivity contribution in [2.45, 2.75) is 19.6 Å². The van der Waals surface area contributed by atoms with Crippen LogP contribution in [-0.4, -0.2) is 36.5 Å². The van der Waals surface area contributed by atoms with E-state index in [0.717, 1.165) is 22.4 Å². The third-order valence-corrected chi connectivity index (χ3v) is 4.83. The molecule has 0 spiro atoms. The molecule has 0 aliphatic carbocycles.